The van der Waals surface area contributed by atoms with Crippen LogP contribution in [-0.2, 0) is 15.8 Å². The number of guanidine groups is 1. The van der Waals surface area contributed by atoms with Gasteiger partial charge >= 0.3 is 12.1 Å². The second kappa shape index (κ2) is 11.0. The number of halogens is 3. The molecule has 0 saturated heterocycles. The van der Waals surface area contributed by atoms with Crippen molar-refractivity contribution in [1.29, 1.82) is 0 Å². The van der Waals surface area contributed by atoms with E-state index in [4.69, 9.17) is 16.6 Å². The van der Waals surface area contributed by atoms with Gasteiger partial charge in [0.2, 0.25) is 5.91 Å². The van der Waals surface area contributed by atoms with Crippen molar-refractivity contribution in [1.82, 2.24) is 10.6 Å². The molecule has 2 amide bonds. The lowest BCUT2D eigenvalue weighted by atomic mass is 10.0. The molecule has 0 spiro atoms. The van der Waals surface area contributed by atoms with Gasteiger partial charge in [0.1, 0.15) is 5.75 Å². The van der Waals surface area contributed by atoms with Gasteiger partial charge in [0, 0.05) is 23.3 Å². The summed E-state index contributed by atoms with van der Waals surface area (Å²) < 4.78 is 39.5. The fourth-order valence-corrected chi connectivity index (χ4v) is 2.98. The number of carbonyl (C=O) groups excluding carboxylic acids is 2. The number of phenols is 1. The zero-order valence-electron chi connectivity index (χ0n) is 18.1. The Bertz CT molecular complexity index is 1230. The molecule has 2 aromatic carbocycles. The standard InChI is InChI=1S/C20H19F3N6O7/c21-20(22,23)10-3-9(4-11(5-10)27-19(24)25)18(34)26-8-16(31)28-14(7-17(32)33)13-6-12(29(35)36)1-2-15(13)30/h1-6,14,30H,7-8H2,(H,26,34)(H,28,31)(H,32,33)(H4,24,25,27). The molecule has 0 aliphatic heterocycles. The van der Waals surface area contributed by atoms with Gasteiger partial charge in [-0.15, -0.1) is 0 Å². The largest absolute Gasteiger partial charge is 0.508 e. The van der Waals surface area contributed by atoms with Crippen molar-refractivity contribution in [2.75, 3.05) is 6.54 Å². The highest BCUT2D eigenvalue weighted by atomic mass is 19.4. The molecule has 192 valence electrons. The molecule has 0 radical (unpaired) electrons. The van der Waals surface area contributed by atoms with E-state index >= 15 is 0 Å². The number of non-ortho nitro benzene ring substituents is 1. The number of carboxylic acid groups (broad SMARTS) is 1. The number of hydrogen-bond acceptors (Lipinski definition) is 7. The van der Waals surface area contributed by atoms with Crippen LogP contribution in [0.25, 0.3) is 0 Å². The molecule has 13 nitrogen and oxygen atoms in total. The van der Waals surface area contributed by atoms with Gasteiger partial charge in [-0.25, -0.2) is 4.99 Å². The molecule has 8 N–H and O–H groups in total. The third-order valence-electron chi connectivity index (χ3n) is 4.49. The Balaban J connectivity index is 2.22. The third kappa shape index (κ3) is 7.57. The highest BCUT2D eigenvalue weighted by Crippen LogP contribution is 2.33. The first kappa shape index (κ1) is 27.4. The Morgan fingerprint density at radius 3 is 2.36 bits per heavy atom. The summed E-state index contributed by atoms with van der Waals surface area (Å²) in [5.74, 6) is -4.64. The zero-order valence-corrected chi connectivity index (χ0v) is 18.1. The minimum atomic E-state index is -4.84. The Morgan fingerprint density at radius 1 is 1.14 bits per heavy atom. The van der Waals surface area contributed by atoms with Crippen molar-refractivity contribution in [3.8, 4) is 5.75 Å². The van der Waals surface area contributed by atoms with E-state index in [0.717, 1.165) is 24.3 Å². The number of nitrogens with two attached hydrogens (primary N) is 2. The molecule has 0 bridgehead atoms. The van der Waals surface area contributed by atoms with Crippen LogP contribution in [0.5, 0.6) is 5.75 Å². The van der Waals surface area contributed by atoms with E-state index in [0.29, 0.717) is 12.1 Å². The highest BCUT2D eigenvalue weighted by Gasteiger charge is 2.32. The summed E-state index contributed by atoms with van der Waals surface area (Å²) in [5, 5.41) is 34.4. The number of phenolic OH excluding ortho intramolecular Hbond substituents is 1. The lowest BCUT2D eigenvalue weighted by Gasteiger charge is -2.19. The zero-order chi connectivity index (χ0) is 27.2. The first-order valence-electron chi connectivity index (χ1n) is 9.76. The number of nitrogens with one attached hydrogen (secondary N) is 2. The van der Waals surface area contributed by atoms with Crippen LogP contribution in [0, 0.1) is 10.1 Å². The van der Waals surface area contributed by atoms with E-state index in [1.807, 2.05) is 0 Å². The summed E-state index contributed by atoms with van der Waals surface area (Å²) in [6, 6.07) is 3.39. The summed E-state index contributed by atoms with van der Waals surface area (Å²) in [6.07, 6.45) is -5.63. The smallest absolute Gasteiger partial charge is 0.416 e. The van der Waals surface area contributed by atoms with Crippen molar-refractivity contribution in [2.45, 2.75) is 18.6 Å². The quantitative estimate of drug-likeness (QED) is 0.123. The lowest BCUT2D eigenvalue weighted by molar-refractivity contribution is -0.385. The number of rotatable bonds is 9. The number of benzene rings is 2. The maximum atomic E-state index is 13.2. The Hall–Kier alpha value is -4.89. The predicted octanol–water partition coefficient (Wildman–Crippen LogP) is 1.29. The molecule has 0 heterocycles. The summed E-state index contributed by atoms with van der Waals surface area (Å²) in [7, 11) is 0. The number of nitro groups is 1. The van der Waals surface area contributed by atoms with Gasteiger partial charge in [0.25, 0.3) is 11.6 Å². The van der Waals surface area contributed by atoms with Gasteiger partial charge in [-0.3, -0.25) is 24.5 Å². The van der Waals surface area contributed by atoms with E-state index in [9.17, 15) is 42.8 Å². The van der Waals surface area contributed by atoms with Gasteiger partial charge in [-0.2, -0.15) is 13.2 Å². The fourth-order valence-electron chi connectivity index (χ4n) is 2.98. The number of nitrogens with zero attached hydrogens (tertiary/aromatic N) is 2. The van der Waals surface area contributed by atoms with E-state index in [2.05, 4.69) is 15.6 Å². The van der Waals surface area contributed by atoms with Gasteiger partial charge in [-0.1, -0.05) is 0 Å². The van der Waals surface area contributed by atoms with Crippen LogP contribution in [0.1, 0.15) is 33.9 Å². The first-order chi connectivity index (χ1) is 16.7. The molecule has 2 rings (SSSR count). The van der Waals surface area contributed by atoms with Crippen LogP contribution in [0.4, 0.5) is 24.5 Å². The molecule has 0 aliphatic rings. The minimum absolute atomic E-state index is 0.272. The monoisotopic (exact) mass is 512 g/mol. The molecule has 0 saturated carbocycles. The molecule has 16 heteroatoms. The van der Waals surface area contributed by atoms with Crippen molar-refractivity contribution < 1.29 is 42.7 Å². The van der Waals surface area contributed by atoms with Crippen molar-refractivity contribution >= 4 is 35.1 Å². The number of nitro benzene ring substituents is 1. The number of hydrogen-bond donors (Lipinski definition) is 6. The molecule has 0 fully saturated rings. The van der Waals surface area contributed by atoms with Gasteiger partial charge in [-0.05, 0) is 24.3 Å². The number of alkyl halides is 3. The molecule has 1 unspecified atom stereocenters. The maximum Gasteiger partial charge on any atom is 0.416 e. The van der Waals surface area contributed by atoms with Gasteiger partial charge in [0.15, 0.2) is 5.96 Å². The molecule has 2 aromatic rings. The number of aliphatic carboxylic acids is 1. The SMILES string of the molecule is NC(N)=Nc1cc(C(=O)NCC(=O)NC(CC(=O)O)c2cc([N+](=O)[O-])ccc2O)cc(C(F)(F)F)c1. The third-order valence-corrected chi connectivity index (χ3v) is 4.49. The normalized spacial score (nSPS) is 11.8. The van der Waals surface area contributed by atoms with E-state index < -0.39 is 76.4 Å². The van der Waals surface area contributed by atoms with E-state index in [-0.39, 0.29) is 11.3 Å². The van der Waals surface area contributed by atoms with Gasteiger partial charge < -0.3 is 32.3 Å². The van der Waals surface area contributed by atoms with Crippen molar-refractivity contribution in [2.24, 2.45) is 16.5 Å². The molecular formula is C20H19F3N6O7. The summed E-state index contributed by atoms with van der Waals surface area (Å²) in [6.45, 7) is -0.821. The number of carboxylic acids is 1. The topological polar surface area (TPSA) is 223 Å². The number of aliphatic imine (C=N–C) groups is 1. The molecule has 1 atom stereocenters. The van der Waals surface area contributed by atoms with Crippen LogP contribution in [0.2, 0.25) is 0 Å². The van der Waals surface area contributed by atoms with Gasteiger partial charge in [0.05, 0.1) is 35.2 Å². The van der Waals surface area contributed by atoms with Crippen LogP contribution >= 0.6 is 0 Å². The number of amides is 2. The average Bonchev–Trinajstić information content (AvgIpc) is 2.75. The second-order valence-corrected chi connectivity index (χ2v) is 7.20. The molecule has 0 aliphatic carbocycles. The maximum absolute atomic E-state index is 13.2. The Labute approximate surface area is 199 Å². The molecular weight excluding hydrogens is 493 g/mol. The highest BCUT2D eigenvalue weighted by molar-refractivity contribution is 5.97. The van der Waals surface area contributed by atoms with Crippen molar-refractivity contribution in [3.05, 3.63) is 63.2 Å². The summed E-state index contributed by atoms with van der Waals surface area (Å²) in [5.41, 5.74) is 7.44. The Morgan fingerprint density at radius 2 is 1.81 bits per heavy atom. The Kier molecular flexibility index (Phi) is 8.38. The van der Waals surface area contributed by atoms with E-state index in [1.54, 1.807) is 0 Å². The van der Waals surface area contributed by atoms with E-state index in [1.165, 1.54) is 0 Å². The summed E-state index contributed by atoms with van der Waals surface area (Å²) >= 11 is 0. The average molecular weight is 512 g/mol. The minimum Gasteiger partial charge on any atom is -0.508 e. The molecule has 36 heavy (non-hydrogen) atoms. The van der Waals surface area contributed by atoms with Crippen LogP contribution in [-0.4, -0.2) is 45.4 Å². The van der Waals surface area contributed by atoms with Crippen LogP contribution in [0.15, 0.2) is 41.4 Å². The van der Waals surface area contributed by atoms with Crippen LogP contribution in [0.3, 0.4) is 0 Å². The lowest BCUT2D eigenvalue weighted by Crippen LogP contribution is -2.39. The summed E-state index contributed by atoms with van der Waals surface area (Å²) in [4.78, 5) is 49.6. The predicted molar refractivity (Wildman–Crippen MR) is 117 cm³/mol. The first-order valence-corrected chi connectivity index (χ1v) is 9.76. The number of aromatic hydroxyl groups is 1. The fraction of sp³-hybridized carbons (Fsp3) is 0.200. The number of carbonyl (C=O) groups is 3. The second-order valence-electron chi connectivity index (χ2n) is 7.20. The van der Waals surface area contributed by atoms with Crippen LogP contribution < -0.4 is 22.1 Å². The molecule has 0 aromatic heterocycles. The van der Waals surface area contributed by atoms with Crippen molar-refractivity contribution in [3.63, 3.8) is 0 Å².